The molecule has 0 radical (unpaired) electrons. The van der Waals surface area contributed by atoms with E-state index in [2.05, 4.69) is 0 Å². The van der Waals surface area contributed by atoms with Gasteiger partial charge < -0.3 is 19.3 Å². The summed E-state index contributed by atoms with van der Waals surface area (Å²) >= 11 is 0. The zero-order valence-corrected chi connectivity index (χ0v) is 18.2. The van der Waals surface area contributed by atoms with Crippen molar-refractivity contribution in [3.05, 3.63) is 47.5 Å². The molecule has 3 rings (SSSR count). The molecule has 0 aromatic heterocycles. The van der Waals surface area contributed by atoms with Gasteiger partial charge in [-0.2, -0.15) is 0 Å². The summed E-state index contributed by atoms with van der Waals surface area (Å²) in [4.78, 5) is 10.5. The summed E-state index contributed by atoms with van der Waals surface area (Å²) in [6, 6.07) is 3.89. The SMILES string of the molecule is COC1CC(Oc2cc(F)c(F)c(-c3cc(F)c(OCCCCCCC(=O)O)c(F)c3)c2)C1. The molecule has 1 aliphatic rings. The van der Waals surface area contributed by atoms with E-state index in [1.54, 1.807) is 7.11 Å². The molecule has 1 aliphatic carbocycles. The minimum absolute atomic E-state index is 0.0381. The molecule has 9 heteroatoms. The molecule has 0 heterocycles. The highest BCUT2D eigenvalue weighted by atomic mass is 19.2. The lowest BCUT2D eigenvalue weighted by Crippen LogP contribution is -2.38. The molecule has 0 bridgehead atoms. The van der Waals surface area contributed by atoms with E-state index in [4.69, 9.17) is 19.3 Å². The molecule has 0 aliphatic heterocycles. The first-order chi connectivity index (χ1) is 15.8. The molecule has 1 N–H and O–H groups in total. The molecule has 1 fully saturated rings. The van der Waals surface area contributed by atoms with Gasteiger partial charge in [0.1, 0.15) is 11.9 Å². The Morgan fingerprint density at radius 3 is 2.24 bits per heavy atom. The topological polar surface area (TPSA) is 65.0 Å². The van der Waals surface area contributed by atoms with Crippen molar-refractivity contribution in [3.8, 4) is 22.6 Å². The minimum Gasteiger partial charge on any atom is -0.490 e. The summed E-state index contributed by atoms with van der Waals surface area (Å²) in [5, 5.41) is 8.59. The average molecular weight is 470 g/mol. The van der Waals surface area contributed by atoms with Crippen molar-refractivity contribution in [3.63, 3.8) is 0 Å². The van der Waals surface area contributed by atoms with Crippen LogP contribution in [-0.2, 0) is 9.53 Å². The molecule has 33 heavy (non-hydrogen) atoms. The zero-order chi connectivity index (χ0) is 24.0. The van der Waals surface area contributed by atoms with Crippen molar-refractivity contribution in [2.24, 2.45) is 0 Å². The van der Waals surface area contributed by atoms with E-state index in [0.29, 0.717) is 38.5 Å². The van der Waals surface area contributed by atoms with Crippen molar-refractivity contribution in [1.82, 2.24) is 0 Å². The van der Waals surface area contributed by atoms with Crippen molar-refractivity contribution in [2.75, 3.05) is 13.7 Å². The second-order valence-electron chi connectivity index (χ2n) is 8.01. The summed E-state index contributed by atoms with van der Waals surface area (Å²) in [5.41, 5.74) is -0.508. The smallest absolute Gasteiger partial charge is 0.303 e. The van der Waals surface area contributed by atoms with Crippen LogP contribution in [0.4, 0.5) is 17.6 Å². The monoisotopic (exact) mass is 470 g/mol. The van der Waals surface area contributed by atoms with Crippen LogP contribution in [0.25, 0.3) is 11.1 Å². The molecular formula is C24H26F4O5. The molecule has 5 nitrogen and oxygen atoms in total. The Labute approximate surface area is 189 Å². The second kappa shape index (κ2) is 11.4. The lowest BCUT2D eigenvalue weighted by Gasteiger charge is -2.34. The van der Waals surface area contributed by atoms with Crippen LogP contribution in [-0.4, -0.2) is 37.0 Å². The Kier molecular flexibility index (Phi) is 8.55. The van der Waals surface area contributed by atoms with E-state index in [-0.39, 0.29) is 42.1 Å². The molecular weight excluding hydrogens is 444 g/mol. The van der Waals surface area contributed by atoms with Gasteiger partial charge in [-0.15, -0.1) is 0 Å². The highest BCUT2D eigenvalue weighted by molar-refractivity contribution is 5.67. The Morgan fingerprint density at radius 2 is 1.61 bits per heavy atom. The summed E-state index contributed by atoms with van der Waals surface area (Å²) in [5.74, 6) is -5.90. The van der Waals surface area contributed by atoms with E-state index in [1.165, 1.54) is 6.07 Å². The van der Waals surface area contributed by atoms with Crippen molar-refractivity contribution >= 4 is 5.97 Å². The predicted octanol–water partition coefficient (Wildman–Crippen LogP) is 5.88. The number of hydrogen-bond acceptors (Lipinski definition) is 4. The van der Waals surface area contributed by atoms with Crippen molar-refractivity contribution in [2.45, 2.75) is 57.2 Å². The summed E-state index contributed by atoms with van der Waals surface area (Å²) in [6.07, 6.45) is 3.47. The number of carboxylic acid groups (broad SMARTS) is 1. The molecule has 1 saturated carbocycles. The predicted molar refractivity (Wildman–Crippen MR) is 112 cm³/mol. The Morgan fingerprint density at radius 1 is 0.939 bits per heavy atom. The number of aliphatic carboxylic acids is 1. The number of unbranched alkanes of at least 4 members (excludes halogenated alkanes) is 3. The Hall–Kier alpha value is -2.81. The normalized spacial score (nSPS) is 17.5. The van der Waals surface area contributed by atoms with Gasteiger partial charge in [0.05, 0.1) is 12.7 Å². The average Bonchev–Trinajstić information content (AvgIpc) is 2.73. The fraction of sp³-hybridized carbons (Fsp3) is 0.458. The maximum atomic E-state index is 14.5. The third-order valence-electron chi connectivity index (χ3n) is 5.53. The molecule has 2 aromatic rings. The van der Waals surface area contributed by atoms with Gasteiger partial charge in [0, 0.05) is 38.0 Å². The summed E-state index contributed by atoms with van der Waals surface area (Å²) in [7, 11) is 1.58. The van der Waals surface area contributed by atoms with Crippen LogP contribution in [0.5, 0.6) is 11.5 Å². The second-order valence-corrected chi connectivity index (χ2v) is 8.01. The zero-order valence-electron chi connectivity index (χ0n) is 18.2. The van der Waals surface area contributed by atoms with E-state index in [0.717, 1.165) is 18.2 Å². The molecule has 0 unspecified atom stereocenters. The lowest BCUT2D eigenvalue weighted by molar-refractivity contribution is -0.137. The number of halogens is 4. The first-order valence-corrected chi connectivity index (χ1v) is 10.8. The number of carbonyl (C=O) groups is 1. The largest absolute Gasteiger partial charge is 0.490 e. The molecule has 0 saturated heterocycles. The van der Waals surface area contributed by atoms with Gasteiger partial charge in [-0.1, -0.05) is 12.8 Å². The minimum atomic E-state index is -1.24. The fourth-order valence-corrected chi connectivity index (χ4v) is 3.60. The van der Waals surface area contributed by atoms with E-state index in [9.17, 15) is 22.4 Å². The first-order valence-electron chi connectivity index (χ1n) is 10.8. The molecule has 0 spiro atoms. The van der Waals surface area contributed by atoms with Gasteiger partial charge in [-0.3, -0.25) is 4.79 Å². The van der Waals surface area contributed by atoms with Crippen LogP contribution in [0.1, 0.15) is 44.9 Å². The maximum Gasteiger partial charge on any atom is 0.303 e. The highest BCUT2D eigenvalue weighted by Gasteiger charge is 2.31. The van der Waals surface area contributed by atoms with Gasteiger partial charge in [-0.05, 0) is 36.6 Å². The fourth-order valence-electron chi connectivity index (χ4n) is 3.60. The molecule has 0 amide bonds. The van der Waals surface area contributed by atoms with Crippen LogP contribution >= 0.6 is 0 Å². The van der Waals surface area contributed by atoms with Gasteiger partial charge in [0.2, 0.25) is 0 Å². The first kappa shape index (κ1) is 24.8. The molecule has 2 aromatic carbocycles. The van der Waals surface area contributed by atoms with Crippen molar-refractivity contribution in [1.29, 1.82) is 0 Å². The number of methoxy groups -OCH3 is 1. The number of carboxylic acids is 1. The number of rotatable bonds is 12. The van der Waals surface area contributed by atoms with Crippen LogP contribution in [0.2, 0.25) is 0 Å². The van der Waals surface area contributed by atoms with E-state index >= 15 is 0 Å². The van der Waals surface area contributed by atoms with Crippen LogP contribution in [0.15, 0.2) is 24.3 Å². The molecule has 0 atom stereocenters. The standard InChI is InChI=1S/C24H26F4O5/c1-31-15-10-16(11-15)33-17-12-18(23(28)19(25)13-17)14-8-20(26)24(21(27)9-14)32-7-5-3-2-4-6-22(29)30/h8-9,12-13,15-16H,2-7,10-11H2,1H3,(H,29,30). The summed E-state index contributed by atoms with van der Waals surface area (Å²) < 4.78 is 73.6. The quantitative estimate of drug-likeness (QED) is 0.310. The van der Waals surface area contributed by atoms with Crippen LogP contribution < -0.4 is 9.47 Å². The summed E-state index contributed by atoms with van der Waals surface area (Å²) in [6.45, 7) is 0.0381. The third-order valence-corrected chi connectivity index (χ3v) is 5.53. The highest BCUT2D eigenvalue weighted by Crippen LogP contribution is 2.35. The van der Waals surface area contributed by atoms with Gasteiger partial charge >= 0.3 is 5.97 Å². The van der Waals surface area contributed by atoms with E-state index < -0.39 is 35.0 Å². The third kappa shape index (κ3) is 6.60. The van der Waals surface area contributed by atoms with Crippen LogP contribution in [0.3, 0.4) is 0 Å². The number of ether oxygens (including phenoxy) is 3. The van der Waals surface area contributed by atoms with Gasteiger partial charge in [0.25, 0.3) is 0 Å². The van der Waals surface area contributed by atoms with Crippen LogP contribution in [0, 0.1) is 23.3 Å². The number of benzene rings is 2. The molecule has 180 valence electrons. The van der Waals surface area contributed by atoms with Gasteiger partial charge in [0.15, 0.2) is 29.0 Å². The van der Waals surface area contributed by atoms with E-state index in [1.807, 2.05) is 0 Å². The maximum absolute atomic E-state index is 14.5. The van der Waals surface area contributed by atoms with Gasteiger partial charge in [-0.25, -0.2) is 17.6 Å². The van der Waals surface area contributed by atoms with Crippen molar-refractivity contribution < 1.29 is 41.7 Å². The number of hydrogen-bond donors (Lipinski definition) is 1. The Bertz CT molecular complexity index is 953. The Balaban J connectivity index is 1.65. The lowest BCUT2D eigenvalue weighted by atomic mass is 9.92.